The molecular weight excluding hydrogens is 376 g/mol. The van der Waals surface area contributed by atoms with Gasteiger partial charge in [0.15, 0.2) is 0 Å². The van der Waals surface area contributed by atoms with E-state index in [4.69, 9.17) is 16.3 Å². The Morgan fingerprint density at radius 3 is 2.57 bits per heavy atom. The summed E-state index contributed by atoms with van der Waals surface area (Å²) in [6.45, 7) is 2.55. The number of aryl methyl sites for hydroxylation is 1. The predicted octanol–water partition coefficient (Wildman–Crippen LogP) is 4.34. The maximum absolute atomic E-state index is 12.5. The van der Waals surface area contributed by atoms with Crippen molar-refractivity contribution in [3.8, 4) is 5.75 Å². The Hall–Kier alpha value is -3.12. The van der Waals surface area contributed by atoms with Crippen LogP contribution in [0.1, 0.15) is 21.6 Å². The molecule has 0 saturated heterocycles. The molecule has 28 heavy (non-hydrogen) atoms. The van der Waals surface area contributed by atoms with Gasteiger partial charge in [-0.3, -0.25) is 4.79 Å². The highest BCUT2D eigenvalue weighted by Crippen LogP contribution is 2.31. The van der Waals surface area contributed by atoms with Gasteiger partial charge in [0.1, 0.15) is 17.3 Å². The third-order valence-electron chi connectivity index (χ3n) is 4.25. The molecule has 0 bridgehead atoms. The zero-order valence-corrected chi connectivity index (χ0v) is 16.7. The first-order valence-electron chi connectivity index (χ1n) is 8.70. The van der Waals surface area contributed by atoms with E-state index in [1.54, 1.807) is 18.3 Å². The van der Waals surface area contributed by atoms with Crippen LogP contribution in [0, 0.1) is 6.92 Å². The van der Waals surface area contributed by atoms with Gasteiger partial charge < -0.3 is 15.0 Å². The minimum Gasteiger partial charge on any atom is -0.495 e. The van der Waals surface area contributed by atoms with Gasteiger partial charge in [0.05, 0.1) is 25.2 Å². The number of nitrogens with zero attached hydrogens (tertiary/aromatic N) is 3. The molecule has 0 radical (unpaired) electrons. The zero-order valence-electron chi connectivity index (χ0n) is 15.9. The molecule has 0 saturated carbocycles. The summed E-state index contributed by atoms with van der Waals surface area (Å²) in [6, 6.07) is 13.5. The molecule has 2 aromatic carbocycles. The SMILES string of the molecule is COc1cc(Cl)c(C)cc1NC(=O)c1cnc(N(C)Cc2ccccc2)cn1. The van der Waals surface area contributed by atoms with Crippen LogP contribution in [0.4, 0.5) is 11.5 Å². The Kier molecular flexibility index (Phi) is 6.11. The molecule has 0 unspecified atom stereocenters. The molecule has 144 valence electrons. The van der Waals surface area contributed by atoms with Crippen LogP contribution in [0.3, 0.4) is 0 Å². The number of halogens is 1. The lowest BCUT2D eigenvalue weighted by Gasteiger charge is -2.18. The minimum absolute atomic E-state index is 0.214. The van der Waals surface area contributed by atoms with E-state index in [-0.39, 0.29) is 11.6 Å². The van der Waals surface area contributed by atoms with Gasteiger partial charge in [0, 0.05) is 24.7 Å². The Bertz CT molecular complexity index is 962. The molecule has 3 rings (SSSR count). The molecule has 6 nitrogen and oxygen atoms in total. The fraction of sp³-hybridized carbons (Fsp3) is 0.190. The molecule has 7 heteroatoms. The van der Waals surface area contributed by atoms with E-state index in [2.05, 4.69) is 15.3 Å². The summed E-state index contributed by atoms with van der Waals surface area (Å²) < 4.78 is 5.28. The van der Waals surface area contributed by atoms with Crippen molar-refractivity contribution >= 4 is 29.0 Å². The number of hydrogen-bond acceptors (Lipinski definition) is 5. The largest absolute Gasteiger partial charge is 0.495 e. The zero-order chi connectivity index (χ0) is 20.1. The lowest BCUT2D eigenvalue weighted by molar-refractivity contribution is 0.102. The van der Waals surface area contributed by atoms with Gasteiger partial charge in [0.25, 0.3) is 5.91 Å². The number of methoxy groups -OCH3 is 1. The summed E-state index contributed by atoms with van der Waals surface area (Å²) in [5.74, 6) is 0.793. The van der Waals surface area contributed by atoms with Crippen molar-refractivity contribution in [3.63, 3.8) is 0 Å². The van der Waals surface area contributed by atoms with Crippen LogP contribution in [0.5, 0.6) is 5.75 Å². The van der Waals surface area contributed by atoms with Crippen LogP contribution in [-0.4, -0.2) is 30.0 Å². The molecule has 1 N–H and O–H groups in total. The van der Waals surface area contributed by atoms with Gasteiger partial charge in [-0.1, -0.05) is 41.9 Å². The van der Waals surface area contributed by atoms with Gasteiger partial charge in [-0.2, -0.15) is 0 Å². The second-order valence-electron chi connectivity index (χ2n) is 6.36. The van der Waals surface area contributed by atoms with Gasteiger partial charge >= 0.3 is 0 Å². The lowest BCUT2D eigenvalue weighted by Crippen LogP contribution is -2.19. The summed E-state index contributed by atoms with van der Waals surface area (Å²) in [5.41, 5.74) is 2.74. The molecule has 0 aliphatic rings. The maximum Gasteiger partial charge on any atom is 0.275 e. The molecule has 0 aliphatic heterocycles. The number of carbonyl (C=O) groups excluding carboxylic acids is 1. The second kappa shape index (κ2) is 8.71. The third kappa shape index (κ3) is 4.58. The number of ether oxygens (including phenoxy) is 1. The summed E-state index contributed by atoms with van der Waals surface area (Å²) >= 11 is 6.10. The lowest BCUT2D eigenvalue weighted by atomic mass is 10.2. The molecule has 1 aromatic heterocycles. The average molecular weight is 397 g/mol. The van der Waals surface area contributed by atoms with Crippen molar-refractivity contribution in [1.82, 2.24) is 9.97 Å². The van der Waals surface area contributed by atoms with Crippen LogP contribution in [0.25, 0.3) is 0 Å². The number of carbonyl (C=O) groups is 1. The smallest absolute Gasteiger partial charge is 0.275 e. The fourth-order valence-corrected chi connectivity index (χ4v) is 2.84. The number of anilines is 2. The standard InChI is InChI=1S/C21H21ClN4O2/c1-14-9-17(19(28-3)10-16(14)22)25-21(27)18-11-24-20(12-23-18)26(2)13-15-7-5-4-6-8-15/h4-12H,13H2,1-3H3,(H,25,27). The monoisotopic (exact) mass is 396 g/mol. The van der Waals surface area contributed by atoms with E-state index >= 15 is 0 Å². The van der Waals surface area contributed by atoms with Crippen molar-refractivity contribution in [1.29, 1.82) is 0 Å². The molecule has 3 aromatic rings. The molecule has 0 atom stereocenters. The van der Waals surface area contributed by atoms with Crippen molar-refractivity contribution < 1.29 is 9.53 Å². The summed E-state index contributed by atoms with van der Waals surface area (Å²) in [6.07, 6.45) is 3.05. The number of aromatic nitrogens is 2. The topological polar surface area (TPSA) is 67.3 Å². The predicted molar refractivity (Wildman–Crippen MR) is 111 cm³/mol. The first-order chi connectivity index (χ1) is 13.5. The maximum atomic E-state index is 12.5. The Balaban J connectivity index is 1.71. The first kappa shape index (κ1) is 19.6. The average Bonchev–Trinajstić information content (AvgIpc) is 2.71. The van der Waals surface area contributed by atoms with Crippen LogP contribution in [-0.2, 0) is 6.54 Å². The van der Waals surface area contributed by atoms with Crippen LogP contribution >= 0.6 is 11.6 Å². The normalized spacial score (nSPS) is 10.4. The van der Waals surface area contributed by atoms with Crippen molar-refractivity contribution in [2.24, 2.45) is 0 Å². The van der Waals surface area contributed by atoms with E-state index in [0.717, 1.165) is 5.56 Å². The highest BCUT2D eigenvalue weighted by molar-refractivity contribution is 6.31. The first-order valence-corrected chi connectivity index (χ1v) is 9.08. The molecule has 0 fully saturated rings. The summed E-state index contributed by atoms with van der Waals surface area (Å²) in [5, 5.41) is 3.37. The minimum atomic E-state index is -0.371. The second-order valence-corrected chi connectivity index (χ2v) is 6.76. The Morgan fingerprint density at radius 1 is 1.18 bits per heavy atom. The fourth-order valence-electron chi connectivity index (χ4n) is 2.69. The van der Waals surface area contributed by atoms with E-state index in [1.807, 2.05) is 49.2 Å². The number of rotatable bonds is 6. The highest BCUT2D eigenvalue weighted by Gasteiger charge is 2.14. The number of benzene rings is 2. The summed E-state index contributed by atoms with van der Waals surface area (Å²) in [7, 11) is 3.45. The molecule has 1 heterocycles. The van der Waals surface area contributed by atoms with E-state index in [0.29, 0.717) is 28.8 Å². The van der Waals surface area contributed by atoms with Crippen LogP contribution < -0.4 is 15.0 Å². The van der Waals surface area contributed by atoms with Crippen molar-refractivity contribution in [2.75, 3.05) is 24.4 Å². The number of amides is 1. The van der Waals surface area contributed by atoms with Crippen molar-refractivity contribution in [2.45, 2.75) is 13.5 Å². The Morgan fingerprint density at radius 2 is 1.93 bits per heavy atom. The van der Waals surface area contributed by atoms with E-state index in [1.165, 1.54) is 18.9 Å². The van der Waals surface area contributed by atoms with Crippen molar-refractivity contribution in [3.05, 3.63) is 76.7 Å². The van der Waals surface area contributed by atoms with E-state index < -0.39 is 0 Å². The van der Waals surface area contributed by atoms with Gasteiger partial charge in [-0.15, -0.1) is 0 Å². The van der Waals surface area contributed by atoms with Gasteiger partial charge in [-0.25, -0.2) is 9.97 Å². The summed E-state index contributed by atoms with van der Waals surface area (Å²) in [4.78, 5) is 23.1. The Labute approximate surface area is 169 Å². The molecular formula is C21H21ClN4O2. The highest BCUT2D eigenvalue weighted by atomic mass is 35.5. The van der Waals surface area contributed by atoms with Gasteiger partial charge in [0.2, 0.25) is 0 Å². The third-order valence-corrected chi connectivity index (χ3v) is 4.66. The van der Waals surface area contributed by atoms with Gasteiger partial charge in [-0.05, 0) is 24.1 Å². The number of hydrogen-bond donors (Lipinski definition) is 1. The van der Waals surface area contributed by atoms with E-state index in [9.17, 15) is 4.79 Å². The number of nitrogens with one attached hydrogen (secondary N) is 1. The molecule has 1 amide bonds. The molecule has 0 spiro atoms. The van der Waals surface area contributed by atoms with Crippen LogP contribution in [0.2, 0.25) is 5.02 Å². The molecule has 0 aliphatic carbocycles. The quantitative estimate of drug-likeness (QED) is 0.671. The van der Waals surface area contributed by atoms with Crippen LogP contribution in [0.15, 0.2) is 54.9 Å².